The lowest BCUT2D eigenvalue weighted by atomic mass is 10.2. The number of fused-ring (bicyclic) bond motifs is 1. The van der Waals surface area contributed by atoms with Crippen molar-refractivity contribution < 1.29 is 9.47 Å². The van der Waals surface area contributed by atoms with Crippen LogP contribution < -0.4 is 15.0 Å². The minimum absolute atomic E-state index is 0.226. The molecule has 0 saturated carbocycles. The topological polar surface area (TPSA) is 64.2 Å². The van der Waals surface area contributed by atoms with Gasteiger partial charge in [-0.05, 0) is 44.0 Å². The fourth-order valence-electron chi connectivity index (χ4n) is 1.77. The predicted octanol–water partition coefficient (Wildman–Crippen LogP) is 2.73. The van der Waals surface area contributed by atoms with Crippen molar-refractivity contribution in [3.63, 3.8) is 0 Å². The molecule has 1 N–H and O–H groups in total. The standard InChI is InChI=1S/C12H8Br2N2O3/c13-7-3-6(4-9-10(7)19-2-1-18-9)11-15-5-8(14)12(17)16-11/h3-5H,1-2H2,(H,15,16,17). The Hall–Kier alpha value is -1.34. The van der Waals surface area contributed by atoms with Crippen molar-refractivity contribution in [3.8, 4) is 22.9 Å². The zero-order valence-electron chi connectivity index (χ0n) is 9.57. The maximum atomic E-state index is 11.6. The summed E-state index contributed by atoms with van der Waals surface area (Å²) in [6, 6.07) is 3.63. The highest BCUT2D eigenvalue weighted by atomic mass is 79.9. The van der Waals surface area contributed by atoms with Gasteiger partial charge in [0.25, 0.3) is 5.56 Å². The molecule has 0 spiro atoms. The lowest BCUT2D eigenvalue weighted by molar-refractivity contribution is 0.170. The van der Waals surface area contributed by atoms with Crippen molar-refractivity contribution in [3.05, 3.63) is 37.6 Å². The average molecular weight is 388 g/mol. The quantitative estimate of drug-likeness (QED) is 0.817. The van der Waals surface area contributed by atoms with Crippen molar-refractivity contribution >= 4 is 31.9 Å². The third kappa shape index (κ3) is 2.40. The fraction of sp³-hybridized carbons (Fsp3) is 0.167. The number of nitrogens with one attached hydrogen (secondary N) is 1. The summed E-state index contributed by atoms with van der Waals surface area (Å²) < 4.78 is 12.2. The first-order chi connectivity index (χ1) is 9.15. The molecular formula is C12H8Br2N2O3. The Morgan fingerprint density at radius 1 is 1.16 bits per heavy atom. The molecular weight excluding hydrogens is 380 g/mol. The van der Waals surface area contributed by atoms with Crippen molar-refractivity contribution in [1.29, 1.82) is 0 Å². The lowest BCUT2D eigenvalue weighted by Gasteiger charge is -2.20. The SMILES string of the molecule is O=c1[nH]c(-c2cc(Br)c3c(c2)OCCO3)ncc1Br. The number of hydrogen-bond donors (Lipinski definition) is 1. The van der Waals surface area contributed by atoms with E-state index >= 15 is 0 Å². The minimum atomic E-state index is -0.226. The van der Waals surface area contributed by atoms with Crippen LogP contribution in [0.1, 0.15) is 0 Å². The van der Waals surface area contributed by atoms with Gasteiger partial charge >= 0.3 is 0 Å². The summed E-state index contributed by atoms with van der Waals surface area (Å²) in [6.45, 7) is 1.03. The van der Waals surface area contributed by atoms with E-state index in [1.807, 2.05) is 6.07 Å². The van der Waals surface area contributed by atoms with Crippen LogP contribution in [0, 0.1) is 0 Å². The smallest absolute Gasteiger partial charge is 0.265 e. The van der Waals surface area contributed by atoms with Gasteiger partial charge < -0.3 is 14.5 Å². The molecule has 2 heterocycles. The van der Waals surface area contributed by atoms with Gasteiger partial charge in [-0.15, -0.1) is 0 Å². The Kier molecular flexibility index (Phi) is 3.32. The van der Waals surface area contributed by atoms with Gasteiger partial charge in [0.15, 0.2) is 11.5 Å². The van der Waals surface area contributed by atoms with E-state index < -0.39 is 0 Å². The Bertz CT molecular complexity index is 700. The summed E-state index contributed by atoms with van der Waals surface area (Å²) in [5, 5.41) is 0. The van der Waals surface area contributed by atoms with Crippen LogP contribution in [0.4, 0.5) is 0 Å². The Morgan fingerprint density at radius 3 is 2.74 bits per heavy atom. The van der Waals surface area contributed by atoms with Crippen LogP contribution in [0.3, 0.4) is 0 Å². The second-order valence-corrected chi connectivity index (χ2v) is 5.60. The molecule has 0 amide bonds. The Balaban J connectivity index is 2.12. The number of H-pyrrole nitrogens is 1. The van der Waals surface area contributed by atoms with Crippen molar-refractivity contribution in [2.45, 2.75) is 0 Å². The van der Waals surface area contributed by atoms with E-state index in [0.29, 0.717) is 35.0 Å². The predicted molar refractivity (Wildman–Crippen MR) is 76.7 cm³/mol. The van der Waals surface area contributed by atoms with Gasteiger partial charge in [0, 0.05) is 11.8 Å². The lowest BCUT2D eigenvalue weighted by Crippen LogP contribution is -2.16. The highest BCUT2D eigenvalue weighted by Gasteiger charge is 2.17. The van der Waals surface area contributed by atoms with Gasteiger partial charge in [-0.1, -0.05) is 0 Å². The van der Waals surface area contributed by atoms with Gasteiger partial charge in [-0.3, -0.25) is 4.79 Å². The van der Waals surface area contributed by atoms with Crippen LogP contribution in [-0.4, -0.2) is 23.2 Å². The molecule has 0 radical (unpaired) electrons. The second kappa shape index (κ2) is 4.97. The van der Waals surface area contributed by atoms with E-state index in [1.165, 1.54) is 6.20 Å². The van der Waals surface area contributed by atoms with E-state index in [4.69, 9.17) is 9.47 Å². The highest BCUT2D eigenvalue weighted by Crippen LogP contribution is 2.40. The largest absolute Gasteiger partial charge is 0.486 e. The van der Waals surface area contributed by atoms with Crippen molar-refractivity contribution in [2.75, 3.05) is 13.2 Å². The van der Waals surface area contributed by atoms with Crippen LogP contribution in [0.5, 0.6) is 11.5 Å². The van der Waals surface area contributed by atoms with E-state index in [1.54, 1.807) is 6.07 Å². The zero-order valence-corrected chi connectivity index (χ0v) is 12.7. The van der Waals surface area contributed by atoms with Gasteiger partial charge in [-0.25, -0.2) is 4.98 Å². The highest BCUT2D eigenvalue weighted by molar-refractivity contribution is 9.10. The monoisotopic (exact) mass is 386 g/mol. The Labute approximate surface area is 125 Å². The first-order valence-corrected chi connectivity index (χ1v) is 7.08. The first-order valence-electron chi connectivity index (χ1n) is 5.49. The molecule has 0 bridgehead atoms. The molecule has 1 aliphatic heterocycles. The maximum Gasteiger partial charge on any atom is 0.265 e. The number of benzene rings is 1. The number of hydrogen-bond acceptors (Lipinski definition) is 4. The average Bonchev–Trinajstić information content (AvgIpc) is 2.42. The molecule has 1 aromatic heterocycles. The number of ether oxygens (including phenoxy) is 2. The Morgan fingerprint density at radius 2 is 1.95 bits per heavy atom. The molecule has 19 heavy (non-hydrogen) atoms. The zero-order chi connectivity index (χ0) is 13.4. The van der Waals surface area contributed by atoms with Crippen molar-refractivity contribution in [1.82, 2.24) is 9.97 Å². The molecule has 0 fully saturated rings. The van der Waals surface area contributed by atoms with Crippen LogP contribution in [0.25, 0.3) is 11.4 Å². The number of rotatable bonds is 1. The van der Waals surface area contributed by atoms with Gasteiger partial charge in [0.05, 0.1) is 4.47 Å². The molecule has 2 aromatic rings. The van der Waals surface area contributed by atoms with Crippen molar-refractivity contribution in [2.24, 2.45) is 0 Å². The number of aromatic nitrogens is 2. The van der Waals surface area contributed by atoms with Crippen LogP contribution in [0.2, 0.25) is 0 Å². The molecule has 5 nitrogen and oxygen atoms in total. The third-order valence-electron chi connectivity index (χ3n) is 2.63. The van der Waals surface area contributed by atoms with E-state index in [9.17, 15) is 4.79 Å². The molecule has 0 aliphatic carbocycles. The minimum Gasteiger partial charge on any atom is -0.486 e. The summed E-state index contributed by atoms with van der Waals surface area (Å²) in [4.78, 5) is 18.5. The second-order valence-electron chi connectivity index (χ2n) is 3.89. The van der Waals surface area contributed by atoms with Crippen LogP contribution >= 0.6 is 31.9 Å². The summed E-state index contributed by atoms with van der Waals surface area (Å²) in [5.41, 5.74) is 0.525. The fourth-order valence-corrected chi connectivity index (χ4v) is 2.53. The first kappa shape index (κ1) is 12.7. The molecule has 0 atom stereocenters. The third-order valence-corrected chi connectivity index (χ3v) is 3.78. The number of aromatic amines is 1. The molecule has 98 valence electrons. The molecule has 1 aliphatic rings. The molecule has 7 heteroatoms. The summed E-state index contributed by atoms with van der Waals surface area (Å²) in [6.07, 6.45) is 1.47. The summed E-state index contributed by atoms with van der Waals surface area (Å²) in [7, 11) is 0. The van der Waals surface area contributed by atoms with E-state index in [2.05, 4.69) is 41.8 Å². The molecule has 3 rings (SSSR count). The van der Waals surface area contributed by atoms with Crippen LogP contribution in [0.15, 0.2) is 32.1 Å². The summed E-state index contributed by atoms with van der Waals surface area (Å²) in [5.74, 6) is 1.79. The van der Waals surface area contributed by atoms with Gasteiger partial charge in [0.1, 0.15) is 23.5 Å². The molecule has 0 unspecified atom stereocenters. The normalized spacial score (nSPS) is 13.4. The van der Waals surface area contributed by atoms with E-state index in [-0.39, 0.29) is 5.56 Å². The number of nitrogens with zero attached hydrogens (tertiary/aromatic N) is 1. The maximum absolute atomic E-state index is 11.6. The molecule has 1 aromatic carbocycles. The summed E-state index contributed by atoms with van der Waals surface area (Å²) >= 11 is 6.55. The van der Waals surface area contributed by atoms with Crippen LogP contribution in [-0.2, 0) is 0 Å². The number of halogens is 2. The van der Waals surface area contributed by atoms with Gasteiger partial charge in [-0.2, -0.15) is 0 Å². The van der Waals surface area contributed by atoms with E-state index in [0.717, 1.165) is 10.0 Å². The molecule has 0 saturated heterocycles. The van der Waals surface area contributed by atoms with Gasteiger partial charge in [0.2, 0.25) is 0 Å².